The lowest BCUT2D eigenvalue weighted by Crippen LogP contribution is -2.21. The molecule has 1 aromatic heterocycles. The predicted molar refractivity (Wildman–Crippen MR) is 80.3 cm³/mol. The Balaban J connectivity index is 2.31. The fourth-order valence-corrected chi connectivity index (χ4v) is 3.27. The molecule has 1 aromatic carbocycles. The second kappa shape index (κ2) is 6.46. The first kappa shape index (κ1) is 15.1. The van der Waals surface area contributed by atoms with Crippen molar-refractivity contribution >= 4 is 11.3 Å². The lowest BCUT2D eigenvalue weighted by atomic mass is 9.99. The van der Waals surface area contributed by atoms with Crippen LogP contribution in [0.25, 0.3) is 0 Å². The van der Waals surface area contributed by atoms with Crippen LogP contribution in [-0.2, 0) is 12.8 Å². The van der Waals surface area contributed by atoms with Crippen LogP contribution in [0.2, 0.25) is 0 Å². The van der Waals surface area contributed by atoms with Crippen LogP contribution in [0.3, 0.4) is 0 Å². The highest BCUT2D eigenvalue weighted by Crippen LogP contribution is 2.28. The monoisotopic (exact) mass is 295 g/mol. The third kappa shape index (κ3) is 3.07. The number of aryl methyl sites for hydroxylation is 2. The van der Waals surface area contributed by atoms with E-state index >= 15 is 0 Å². The maximum atomic E-state index is 14.2. The molecule has 1 unspecified atom stereocenters. The normalized spacial score (nSPS) is 12.7. The molecule has 0 saturated carbocycles. The van der Waals surface area contributed by atoms with Crippen molar-refractivity contribution in [2.75, 3.05) is 7.05 Å². The summed E-state index contributed by atoms with van der Waals surface area (Å²) in [6.07, 6.45) is 1.58. The zero-order chi connectivity index (χ0) is 14.7. The van der Waals surface area contributed by atoms with E-state index in [0.717, 1.165) is 11.3 Å². The van der Waals surface area contributed by atoms with E-state index in [-0.39, 0.29) is 11.6 Å². The minimum atomic E-state index is -0.486. The van der Waals surface area contributed by atoms with E-state index in [1.807, 2.05) is 6.07 Å². The van der Waals surface area contributed by atoms with Gasteiger partial charge in [-0.25, -0.2) is 8.78 Å². The Morgan fingerprint density at radius 1 is 1.15 bits per heavy atom. The third-order valence-corrected chi connectivity index (χ3v) is 4.74. The van der Waals surface area contributed by atoms with E-state index in [1.54, 1.807) is 25.3 Å². The lowest BCUT2D eigenvalue weighted by Gasteiger charge is -2.18. The van der Waals surface area contributed by atoms with Gasteiger partial charge in [-0.2, -0.15) is 0 Å². The van der Waals surface area contributed by atoms with Crippen molar-refractivity contribution in [1.82, 2.24) is 5.32 Å². The summed E-state index contributed by atoms with van der Waals surface area (Å²) in [7, 11) is 1.74. The highest BCUT2D eigenvalue weighted by atomic mass is 32.1. The third-order valence-electron chi connectivity index (χ3n) is 3.49. The average molecular weight is 295 g/mol. The van der Waals surface area contributed by atoms with Crippen LogP contribution >= 0.6 is 11.3 Å². The van der Waals surface area contributed by atoms with Gasteiger partial charge >= 0.3 is 0 Å². The Labute approximate surface area is 122 Å². The number of hydrogen-bond acceptors (Lipinski definition) is 2. The molecule has 0 amide bonds. The Morgan fingerprint density at radius 2 is 1.85 bits per heavy atom. The van der Waals surface area contributed by atoms with Gasteiger partial charge in [-0.05, 0) is 44.2 Å². The van der Waals surface area contributed by atoms with Crippen molar-refractivity contribution in [3.8, 4) is 0 Å². The first-order valence-corrected chi connectivity index (χ1v) is 7.57. The summed E-state index contributed by atoms with van der Waals surface area (Å²) < 4.78 is 28.2. The Bertz CT molecular complexity index is 592. The number of nitrogens with one attached hydrogen (secondary N) is 1. The average Bonchev–Trinajstić information content (AvgIpc) is 2.90. The molecule has 0 spiro atoms. The fourth-order valence-electron chi connectivity index (χ4n) is 2.27. The van der Waals surface area contributed by atoms with Gasteiger partial charge in [-0.3, -0.25) is 0 Å². The number of thiophene rings is 1. The van der Waals surface area contributed by atoms with Crippen molar-refractivity contribution in [1.29, 1.82) is 0 Å². The first-order chi connectivity index (χ1) is 9.56. The fraction of sp³-hybridized carbons (Fsp3) is 0.375. The molecule has 108 valence electrons. The van der Waals surface area contributed by atoms with Crippen LogP contribution in [-0.4, -0.2) is 7.05 Å². The molecule has 0 aliphatic heterocycles. The van der Waals surface area contributed by atoms with E-state index in [0.29, 0.717) is 12.0 Å². The molecule has 1 N–H and O–H groups in total. The summed E-state index contributed by atoms with van der Waals surface area (Å²) in [5.41, 5.74) is 0.612. The number of hydrogen-bond donors (Lipinski definition) is 1. The number of halogens is 2. The second-order valence-electron chi connectivity index (χ2n) is 4.86. The van der Waals surface area contributed by atoms with Gasteiger partial charge in [0.25, 0.3) is 0 Å². The Kier molecular flexibility index (Phi) is 4.89. The number of rotatable bonds is 5. The quantitative estimate of drug-likeness (QED) is 0.862. The number of benzene rings is 1. The van der Waals surface area contributed by atoms with Gasteiger partial charge in [0, 0.05) is 27.8 Å². The van der Waals surface area contributed by atoms with Crippen molar-refractivity contribution in [2.24, 2.45) is 0 Å². The molecule has 1 nitrogen and oxygen atoms in total. The topological polar surface area (TPSA) is 12.0 Å². The maximum Gasteiger partial charge on any atom is 0.133 e. The van der Waals surface area contributed by atoms with E-state index in [4.69, 9.17) is 0 Å². The van der Waals surface area contributed by atoms with Crippen molar-refractivity contribution < 1.29 is 8.78 Å². The number of likely N-dealkylation sites (N-methyl/N-ethyl adjacent to an activating group) is 1. The molecule has 0 bridgehead atoms. The second-order valence-corrected chi connectivity index (χ2v) is 6.11. The van der Waals surface area contributed by atoms with E-state index < -0.39 is 11.6 Å². The Hall–Kier alpha value is -1.26. The minimum absolute atomic E-state index is 0.138. The largest absolute Gasteiger partial charge is 0.313 e. The molecular weight excluding hydrogens is 276 g/mol. The van der Waals surface area contributed by atoms with Gasteiger partial charge in [-0.1, -0.05) is 13.0 Å². The standard InChI is InChI=1S/C16H19F2NS/c1-4-11-6-7-12(20-11)9-14(19-3)15-13(17)8-5-10(2)16(15)18/h5-8,14,19H,4,9H2,1-3H3. The van der Waals surface area contributed by atoms with Crippen LogP contribution in [0.15, 0.2) is 24.3 Å². The van der Waals surface area contributed by atoms with E-state index in [9.17, 15) is 8.78 Å². The van der Waals surface area contributed by atoms with Crippen molar-refractivity contribution in [3.05, 3.63) is 56.8 Å². The maximum absolute atomic E-state index is 14.2. The van der Waals surface area contributed by atoms with Crippen LogP contribution < -0.4 is 5.32 Å². The molecule has 1 atom stereocenters. The van der Waals surface area contributed by atoms with Crippen LogP contribution in [0.5, 0.6) is 0 Å². The highest BCUT2D eigenvalue weighted by Gasteiger charge is 2.21. The molecule has 0 saturated heterocycles. The predicted octanol–water partition coefficient (Wildman–Crippen LogP) is 4.40. The van der Waals surface area contributed by atoms with Gasteiger partial charge in [0.05, 0.1) is 0 Å². The van der Waals surface area contributed by atoms with E-state index in [2.05, 4.69) is 18.3 Å². The molecule has 0 fully saturated rings. The summed E-state index contributed by atoms with van der Waals surface area (Å²) in [5, 5.41) is 3.03. The van der Waals surface area contributed by atoms with Crippen LogP contribution in [0, 0.1) is 18.6 Å². The SMILES string of the molecule is CCc1ccc(CC(NC)c2c(F)ccc(C)c2F)s1. The van der Waals surface area contributed by atoms with Crippen molar-refractivity contribution in [3.63, 3.8) is 0 Å². The molecule has 1 heterocycles. The molecule has 2 aromatic rings. The smallest absolute Gasteiger partial charge is 0.133 e. The van der Waals surface area contributed by atoms with Gasteiger partial charge < -0.3 is 5.32 Å². The van der Waals surface area contributed by atoms with Crippen molar-refractivity contribution in [2.45, 2.75) is 32.7 Å². The van der Waals surface area contributed by atoms with Gasteiger partial charge in [0.2, 0.25) is 0 Å². The van der Waals surface area contributed by atoms with E-state index in [1.165, 1.54) is 17.0 Å². The Morgan fingerprint density at radius 3 is 2.45 bits per heavy atom. The molecule has 0 radical (unpaired) electrons. The summed E-state index contributed by atoms with van der Waals surface area (Å²) in [5.74, 6) is -0.934. The lowest BCUT2D eigenvalue weighted by molar-refractivity contribution is 0.487. The minimum Gasteiger partial charge on any atom is -0.313 e. The highest BCUT2D eigenvalue weighted by molar-refractivity contribution is 7.11. The zero-order valence-corrected chi connectivity index (χ0v) is 12.8. The summed E-state index contributed by atoms with van der Waals surface area (Å²) >= 11 is 1.70. The molecule has 0 aliphatic carbocycles. The molecular formula is C16H19F2NS. The molecule has 0 aliphatic rings. The van der Waals surface area contributed by atoms with Gasteiger partial charge in [0.15, 0.2) is 0 Å². The van der Waals surface area contributed by atoms with Gasteiger partial charge in [-0.15, -0.1) is 11.3 Å². The summed E-state index contributed by atoms with van der Waals surface area (Å²) in [4.78, 5) is 2.43. The van der Waals surface area contributed by atoms with Gasteiger partial charge in [0.1, 0.15) is 11.6 Å². The van der Waals surface area contributed by atoms with Crippen LogP contribution in [0.1, 0.15) is 33.8 Å². The molecule has 20 heavy (non-hydrogen) atoms. The molecule has 2 rings (SSSR count). The summed E-state index contributed by atoms with van der Waals surface area (Å²) in [6.45, 7) is 3.76. The van der Waals surface area contributed by atoms with Crippen LogP contribution in [0.4, 0.5) is 8.78 Å². The molecule has 4 heteroatoms. The summed E-state index contributed by atoms with van der Waals surface area (Å²) in [6, 6.07) is 6.58. The zero-order valence-electron chi connectivity index (χ0n) is 12.0. The first-order valence-electron chi connectivity index (χ1n) is 6.76.